The Labute approximate surface area is 123 Å². The molecule has 0 radical (unpaired) electrons. The zero-order valence-electron chi connectivity index (χ0n) is 11.8. The number of para-hydroxylation sites is 2. The van der Waals surface area contributed by atoms with Crippen molar-refractivity contribution in [2.75, 3.05) is 17.2 Å². The van der Waals surface area contributed by atoms with Crippen molar-refractivity contribution in [3.8, 4) is 0 Å². The maximum atomic E-state index is 13.8. The second-order valence-corrected chi connectivity index (χ2v) is 5.36. The topological polar surface area (TPSA) is 41.1 Å². The summed E-state index contributed by atoms with van der Waals surface area (Å²) in [6.07, 6.45) is 0.669. The van der Waals surface area contributed by atoms with Crippen molar-refractivity contribution in [3.63, 3.8) is 0 Å². The van der Waals surface area contributed by atoms with E-state index >= 15 is 0 Å². The van der Waals surface area contributed by atoms with Gasteiger partial charge in [-0.15, -0.1) is 0 Å². The molecule has 2 N–H and O–H groups in total. The van der Waals surface area contributed by atoms with E-state index < -0.39 is 5.82 Å². The number of rotatable bonds is 2. The van der Waals surface area contributed by atoms with E-state index in [0.29, 0.717) is 13.0 Å². The Kier molecular flexibility index (Phi) is 3.60. The highest BCUT2D eigenvalue weighted by molar-refractivity contribution is 5.94. The molecule has 0 saturated heterocycles. The molecule has 0 spiro atoms. The van der Waals surface area contributed by atoms with Gasteiger partial charge in [0.15, 0.2) is 0 Å². The second kappa shape index (κ2) is 5.56. The van der Waals surface area contributed by atoms with Crippen LogP contribution in [0.15, 0.2) is 42.5 Å². The molecule has 2 aromatic carbocycles. The third kappa shape index (κ3) is 2.75. The lowest BCUT2D eigenvalue weighted by Gasteiger charge is -2.25. The van der Waals surface area contributed by atoms with Crippen LogP contribution in [0.4, 0.5) is 15.8 Å². The molecule has 0 aromatic heterocycles. The van der Waals surface area contributed by atoms with Crippen LogP contribution in [0.25, 0.3) is 0 Å². The SMILES string of the molecule is Cc1cccc(F)c1NC(=O)C1CNc2ccccc2C1. The summed E-state index contributed by atoms with van der Waals surface area (Å²) < 4.78 is 13.8. The summed E-state index contributed by atoms with van der Waals surface area (Å²) in [4.78, 5) is 12.4. The molecule has 21 heavy (non-hydrogen) atoms. The molecule has 2 aromatic rings. The summed E-state index contributed by atoms with van der Waals surface area (Å²) in [6, 6.07) is 12.7. The second-order valence-electron chi connectivity index (χ2n) is 5.36. The Bertz CT molecular complexity index is 664. The highest BCUT2D eigenvalue weighted by Gasteiger charge is 2.25. The Morgan fingerprint density at radius 3 is 2.86 bits per heavy atom. The summed E-state index contributed by atoms with van der Waals surface area (Å²) in [7, 11) is 0. The van der Waals surface area contributed by atoms with Crippen molar-refractivity contribution >= 4 is 17.3 Å². The van der Waals surface area contributed by atoms with Gasteiger partial charge < -0.3 is 10.6 Å². The molecular formula is C17H17FN2O. The molecule has 108 valence electrons. The number of hydrogen-bond donors (Lipinski definition) is 2. The van der Waals surface area contributed by atoms with Crippen LogP contribution in [0.5, 0.6) is 0 Å². The third-order valence-electron chi connectivity index (χ3n) is 3.86. The molecule has 3 rings (SSSR count). The van der Waals surface area contributed by atoms with Gasteiger partial charge in [-0.05, 0) is 36.6 Å². The largest absolute Gasteiger partial charge is 0.384 e. The van der Waals surface area contributed by atoms with Crippen molar-refractivity contribution in [1.29, 1.82) is 0 Å². The quantitative estimate of drug-likeness (QED) is 0.888. The fraction of sp³-hybridized carbons (Fsp3) is 0.235. The average molecular weight is 284 g/mol. The molecule has 0 aliphatic carbocycles. The molecule has 1 heterocycles. The van der Waals surface area contributed by atoms with E-state index in [4.69, 9.17) is 0 Å². The molecule has 0 saturated carbocycles. The number of anilines is 2. The van der Waals surface area contributed by atoms with E-state index in [0.717, 1.165) is 16.8 Å². The van der Waals surface area contributed by atoms with Crippen molar-refractivity contribution in [2.24, 2.45) is 5.92 Å². The number of amides is 1. The van der Waals surface area contributed by atoms with Crippen LogP contribution in [0.2, 0.25) is 0 Å². The highest BCUT2D eigenvalue weighted by Crippen LogP contribution is 2.26. The summed E-state index contributed by atoms with van der Waals surface area (Å²) in [5, 5.41) is 5.98. The first-order valence-electron chi connectivity index (χ1n) is 7.03. The molecule has 0 fully saturated rings. The zero-order valence-corrected chi connectivity index (χ0v) is 11.8. The summed E-state index contributed by atoms with van der Waals surface area (Å²) in [5.74, 6) is -0.739. The van der Waals surface area contributed by atoms with Crippen LogP contribution in [0.1, 0.15) is 11.1 Å². The Balaban J connectivity index is 1.76. The van der Waals surface area contributed by atoms with Crippen LogP contribution < -0.4 is 10.6 Å². The Morgan fingerprint density at radius 2 is 2.05 bits per heavy atom. The van der Waals surface area contributed by atoms with E-state index in [-0.39, 0.29) is 17.5 Å². The lowest BCUT2D eigenvalue weighted by molar-refractivity contribution is -0.119. The first kappa shape index (κ1) is 13.6. The molecule has 3 nitrogen and oxygen atoms in total. The number of halogens is 1. The molecular weight excluding hydrogens is 267 g/mol. The van der Waals surface area contributed by atoms with E-state index in [1.165, 1.54) is 6.07 Å². The normalized spacial score (nSPS) is 16.8. The van der Waals surface area contributed by atoms with Gasteiger partial charge in [-0.25, -0.2) is 4.39 Å². The Morgan fingerprint density at radius 1 is 1.24 bits per heavy atom. The van der Waals surface area contributed by atoms with E-state index in [2.05, 4.69) is 10.6 Å². The van der Waals surface area contributed by atoms with Crippen LogP contribution in [-0.4, -0.2) is 12.5 Å². The summed E-state index contributed by atoms with van der Waals surface area (Å²) in [5.41, 5.74) is 3.20. The number of benzene rings is 2. The van der Waals surface area contributed by atoms with Crippen molar-refractivity contribution in [3.05, 3.63) is 59.4 Å². The van der Waals surface area contributed by atoms with Gasteiger partial charge in [0.05, 0.1) is 11.6 Å². The Hall–Kier alpha value is -2.36. The summed E-state index contributed by atoms with van der Waals surface area (Å²) >= 11 is 0. The van der Waals surface area contributed by atoms with Gasteiger partial charge in [-0.3, -0.25) is 4.79 Å². The van der Waals surface area contributed by atoms with Gasteiger partial charge in [-0.2, -0.15) is 0 Å². The van der Waals surface area contributed by atoms with Crippen LogP contribution in [-0.2, 0) is 11.2 Å². The zero-order chi connectivity index (χ0) is 14.8. The number of carbonyl (C=O) groups is 1. The van der Waals surface area contributed by atoms with Gasteiger partial charge in [0.25, 0.3) is 0 Å². The number of aryl methyl sites for hydroxylation is 1. The van der Waals surface area contributed by atoms with Crippen molar-refractivity contribution in [1.82, 2.24) is 0 Å². The molecule has 1 aliphatic rings. The van der Waals surface area contributed by atoms with Gasteiger partial charge >= 0.3 is 0 Å². The smallest absolute Gasteiger partial charge is 0.229 e. The number of carbonyl (C=O) groups excluding carboxylic acids is 1. The van der Waals surface area contributed by atoms with Crippen LogP contribution in [0, 0.1) is 18.7 Å². The van der Waals surface area contributed by atoms with E-state index in [1.54, 1.807) is 19.1 Å². The molecule has 0 bridgehead atoms. The minimum atomic E-state index is -0.396. The minimum absolute atomic E-state index is 0.148. The van der Waals surface area contributed by atoms with Crippen molar-refractivity contribution < 1.29 is 9.18 Å². The fourth-order valence-corrected chi connectivity index (χ4v) is 2.64. The third-order valence-corrected chi connectivity index (χ3v) is 3.86. The minimum Gasteiger partial charge on any atom is -0.384 e. The fourth-order valence-electron chi connectivity index (χ4n) is 2.64. The molecule has 1 unspecified atom stereocenters. The standard InChI is InChI=1S/C17H17FN2O/c1-11-5-4-7-14(18)16(11)20-17(21)13-9-12-6-2-3-8-15(12)19-10-13/h2-8,13,19H,9-10H2,1H3,(H,20,21). The highest BCUT2D eigenvalue weighted by atomic mass is 19.1. The molecule has 1 atom stereocenters. The number of hydrogen-bond acceptors (Lipinski definition) is 2. The van der Waals surface area contributed by atoms with Gasteiger partial charge in [0, 0.05) is 12.2 Å². The van der Waals surface area contributed by atoms with E-state index in [1.807, 2.05) is 24.3 Å². The number of nitrogens with one attached hydrogen (secondary N) is 2. The molecule has 1 amide bonds. The predicted molar refractivity (Wildman–Crippen MR) is 81.9 cm³/mol. The maximum absolute atomic E-state index is 13.8. The average Bonchev–Trinajstić information content (AvgIpc) is 2.50. The lowest BCUT2D eigenvalue weighted by Crippen LogP contribution is -2.34. The number of fused-ring (bicyclic) bond motifs is 1. The molecule has 1 aliphatic heterocycles. The summed E-state index contributed by atoms with van der Waals surface area (Å²) in [6.45, 7) is 2.35. The van der Waals surface area contributed by atoms with E-state index in [9.17, 15) is 9.18 Å². The first-order chi connectivity index (χ1) is 10.1. The van der Waals surface area contributed by atoms with Crippen LogP contribution >= 0.6 is 0 Å². The van der Waals surface area contributed by atoms with Gasteiger partial charge in [0.1, 0.15) is 5.82 Å². The first-order valence-corrected chi connectivity index (χ1v) is 7.03. The van der Waals surface area contributed by atoms with Crippen LogP contribution in [0.3, 0.4) is 0 Å². The maximum Gasteiger partial charge on any atom is 0.229 e. The van der Waals surface area contributed by atoms with Gasteiger partial charge in [-0.1, -0.05) is 30.3 Å². The lowest BCUT2D eigenvalue weighted by atomic mass is 9.93. The van der Waals surface area contributed by atoms with Gasteiger partial charge in [0.2, 0.25) is 5.91 Å². The monoisotopic (exact) mass is 284 g/mol. The van der Waals surface area contributed by atoms with Crippen molar-refractivity contribution in [2.45, 2.75) is 13.3 Å². The predicted octanol–water partition coefficient (Wildman–Crippen LogP) is 3.36. The molecule has 4 heteroatoms.